The number of carbonyl (C=O) groups is 2. The van der Waals surface area contributed by atoms with E-state index in [1.807, 2.05) is 87.5 Å². The van der Waals surface area contributed by atoms with Crippen molar-refractivity contribution in [3.8, 4) is 23.0 Å². The van der Waals surface area contributed by atoms with E-state index in [0.717, 1.165) is 21.6 Å². The van der Waals surface area contributed by atoms with Crippen LogP contribution in [0, 0.1) is 17.3 Å². The molecule has 1 heterocycles. The van der Waals surface area contributed by atoms with Crippen molar-refractivity contribution in [1.82, 2.24) is 9.88 Å². The average molecular weight is 456 g/mol. The summed E-state index contributed by atoms with van der Waals surface area (Å²) in [5.41, 5.74) is 2.86. The molecule has 2 N–H and O–H groups in total. The Balaban J connectivity index is 1.93. The molecule has 1 aromatic heterocycles. The number of hydrogen-bond acceptors (Lipinski definition) is 3. The number of anilines is 1. The molecule has 6 nitrogen and oxygen atoms in total. The Kier molecular flexibility index (Phi) is 7.70. The van der Waals surface area contributed by atoms with Crippen molar-refractivity contribution < 1.29 is 14.7 Å². The van der Waals surface area contributed by atoms with E-state index < -0.39 is 18.0 Å². The van der Waals surface area contributed by atoms with Crippen molar-refractivity contribution in [2.75, 3.05) is 11.9 Å². The number of aromatic nitrogens is 1. The first-order valence-electron chi connectivity index (χ1n) is 11.1. The maximum absolute atomic E-state index is 13.0. The van der Waals surface area contributed by atoms with Gasteiger partial charge >= 0.3 is 6.09 Å². The number of pyridine rings is 1. The summed E-state index contributed by atoms with van der Waals surface area (Å²) in [5.74, 6) is 6.02. The molecule has 0 aliphatic carbocycles. The normalized spacial score (nSPS) is 11.6. The summed E-state index contributed by atoms with van der Waals surface area (Å²) in [7, 11) is 0. The van der Waals surface area contributed by atoms with Crippen LogP contribution in [0.3, 0.4) is 0 Å². The van der Waals surface area contributed by atoms with Crippen LogP contribution in [-0.2, 0) is 4.79 Å². The fourth-order valence-corrected chi connectivity index (χ4v) is 3.37. The van der Waals surface area contributed by atoms with Crippen molar-refractivity contribution >= 4 is 17.8 Å². The summed E-state index contributed by atoms with van der Waals surface area (Å²) >= 11 is 0. The van der Waals surface area contributed by atoms with Crippen LogP contribution in [0.4, 0.5) is 10.6 Å². The molecule has 0 bridgehead atoms. The van der Waals surface area contributed by atoms with Gasteiger partial charge in [0.1, 0.15) is 17.6 Å². The number of amides is 2. The molecular weight excluding hydrogens is 426 g/mol. The minimum Gasteiger partial charge on any atom is -0.465 e. The lowest BCUT2D eigenvalue weighted by atomic mass is 9.95. The van der Waals surface area contributed by atoms with Crippen molar-refractivity contribution in [2.24, 2.45) is 5.41 Å². The second-order valence-electron chi connectivity index (χ2n) is 9.24. The minimum atomic E-state index is -1.14. The van der Waals surface area contributed by atoms with Crippen molar-refractivity contribution in [1.29, 1.82) is 0 Å². The Morgan fingerprint density at radius 2 is 1.59 bits per heavy atom. The predicted molar refractivity (Wildman–Crippen MR) is 134 cm³/mol. The molecule has 2 aromatic carbocycles. The molecule has 1 atom stereocenters. The van der Waals surface area contributed by atoms with E-state index in [2.05, 4.69) is 22.1 Å². The number of benzene rings is 2. The highest BCUT2D eigenvalue weighted by Crippen LogP contribution is 2.23. The smallest absolute Gasteiger partial charge is 0.407 e. The van der Waals surface area contributed by atoms with Gasteiger partial charge in [-0.25, -0.2) is 9.78 Å². The highest BCUT2D eigenvalue weighted by molar-refractivity contribution is 5.96. The summed E-state index contributed by atoms with van der Waals surface area (Å²) in [5, 5.41) is 12.4. The molecule has 3 aromatic rings. The maximum Gasteiger partial charge on any atom is 0.407 e. The van der Waals surface area contributed by atoms with Crippen LogP contribution in [-0.4, -0.2) is 39.6 Å². The molecule has 0 saturated carbocycles. The molecule has 0 saturated heterocycles. The summed E-state index contributed by atoms with van der Waals surface area (Å²) in [6, 6.07) is 22.0. The highest BCUT2D eigenvalue weighted by Gasteiger charge is 2.29. The van der Waals surface area contributed by atoms with Crippen LogP contribution in [0.5, 0.6) is 0 Å². The van der Waals surface area contributed by atoms with Crippen molar-refractivity contribution in [2.45, 2.75) is 33.7 Å². The van der Waals surface area contributed by atoms with E-state index in [-0.39, 0.29) is 12.0 Å². The molecular formula is C28H29N3O3. The van der Waals surface area contributed by atoms with Crippen molar-refractivity contribution in [3.05, 3.63) is 84.1 Å². The van der Waals surface area contributed by atoms with Gasteiger partial charge in [0.15, 0.2) is 0 Å². The van der Waals surface area contributed by atoms with Gasteiger partial charge in [0.25, 0.3) is 0 Å². The fourth-order valence-electron chi connectivity index (χ4n) is 3.37. The number of nitrogens with one attached hydrogen (secondary N) is 1. The maximum atomic E-state index is 13.0. The third-order valence-corrected chi connectivity index (χ3v) is 5.03. The average Bonchev–Trinajstić information content (AvgIpc) is 2.81. The SMILES string of the molecule is CC(C(=O)Nc1cc(-c2ccccc2)cc(C#Cc2ccccc2)n1)N(CC(C)(C)C)C(=O)O. The Morgan fingerprint density at radius 1 is 0.971 bits per heavy atom. The molecule has 3 rings (SSSR count). The lowest BCUT2D eigenvalue weighted by Crippen LogP contribution is -2.48. The zero-order chi connectivity index (χ0) is 24.7. The number of carboxylic acid groups (broad SMARTS) is 1. The molecule has 0 fully saturated rings. The second-order valence-corrected chi connectivity index (χ2v) is 9.24. The van der Waals surface area contributed by atoms with Gasteiger partial charge in [-0.3, -0.25) is 9.69 Å². The number of hydrogen-bond donors (Lipinski definition) is 2. The first-order chi connectivity index (χ1) is 16.1. The van der Waals surface area contributed by atoms with Crippen LogP contribution < -0.4 is 5.32 Å². The summed E-state index contributed by atoms with van der Waals surface area (Å²) in [4.78, 5) is 30.4. The predicted octanol–water partition coefficient (Wildman–Crippen LogP) is 5.50. The lowest BCUT2D eigenvalue weighted by molar-refractivity contribution is -0.120. The third-order valence-electron chi connectivity index (χ3n) is 5.03. The minimum absolute atomic E-state index is 0.224. The van der Waals surface area contributed by atoms with Gasteiger partial charge in [-0.15, -0.1) is 0 Å². The zero-order valence-corrected chi connectivity index (χ0v) is 19.9. The van der Waals surface area contributed by atoms with Crippen LogP contribution in [0.15, 0.2) is 72.8 Å². The number of carbonyl (C=O) groups excluding carboxylic acids is 1. The number of rotatable bonds is 5. The topological polar surface area (TPSA) is 82.5 Å². The second kappa shape index (κ2) is 10.7. The lowest BCUT2D eigenvalue weighted by Gasteiger charge is -2.31. The summed E-state index contributed by atoms with van der Waals surface area (Å²) in [6.07, 6.45) is -1.14. The molecule has 0 aliphatic rings. The van der Waals surface area contributed by atoms with Gasteiger partial charge < -0.3 is 10.4 Å². The summed E-state index contributed by atoms with van der Waals surface area (Å²) in [6.45, 7) is 7.58. The molecule has 1 unspecified atom stereocenters. The molecule has 34 heavy (non-hydrogen) atoms. The Morgan fingerprint density at radius 3 is 2.18 bits per heavy atom. The van der Waals surface area contributed by atoms with Crippen LogP contribution in [0.2, 0.25) is 0 Å². The highest BCUT2D eigenvalue weighted by atomic mass is 16.4. The fraction of sp³-hybridized carbons (Fsp3) is 0.250. The van der Waals surface area contributed by atoms with Crippen LogP contribution >= 0.6 is 0 Å². The molecule has 0 aliphatic heterocycles. The van der Waals surface area contributed by atoms with Gasteiger partial charge in [0, 0.05) is 12.1 Å². The molecule has 0 radical (unpaired) electrons. The Bertz CT molecular complexity index is 1210. The van der Waals surface area contributed by atoms with Gasteiger partial charge in [0.2, 0.25) is 5.91 Å². The van der Waals surface area contributed by atoms with E-state index >= 15 is 0 Å². The first kappa shape index (κ1) is 24.5. The largest absolute Gasteiger partial charge is 0.465 e. The van der Waals surface area contributed by atoms with Gasteiger partial charge in [0.05, 0.1) is 0 Å². The first-order valence-corrected chi connectivity index (χ1v) is 11.1. The molecule has 0 spiro atoms. The standard InChI is InChI=1S/C28H29N3O3/c1-20(31(27(33)34)19-28(2,3)4)26(32)30-25-18-23(22-13-9-6-10-14-22)17-24(29-25)16-15-21-11-7-5-8-12-21/h5-14,17-18,20H,19H2,1-4H3,(H,33,34)(H,29,30,32). The van der Waals surface area contributed by atoms with E-state index in [1.54, 1.807) is 13.0 Å². The quantitative estimate of drug-likeness (QED) is 0.498. The van der Waals surface area contributed by atoms with E-state index in [1.165, 1.54) is 0 Å². The number of nitrogens with zero attached hydrogens (tertiary/aromatic N) is 2. The molecule has 174 valence electrons. The Hall–Kier alpha value is -4.11. The van der Waals surface area contributed by atoms with Crippen molar-refractivity contribution in [3.63, 3.8) is 0 Å². The zero-order valence-electron chi connectivity index (χ0n) is 19.9. The van der Waals surface area contributed by atoms with E-state index in [9.17, 15) is 14.7 Å². The van der Waals surface area contributed by atoms with Gasteiger partial charge in [-0.2, -0.15) is 0 Å². The monoisotopic (exact) mass is 455 g/mol. The Labute approximate surface area is 200 Å². The van der Waals surface area contributed by atoms with E-state index in [4.69, 9.17) is 0 Å². The van der Waals surface area contributed by atoms with Crippen LogP contribution in [0.1, 0.15) is 39.0 Å². The summed E-state index contributed by atoms with van der Waals surface area (Å²) < 4.78 is 0. The van der Waals surface area contributed by atoms with Gasteiger partial charge in [-0.1, -0.05) is 75.2 Å². The van der Waals surface area contributed by atoms with Gasteiger partial charge in [-0.05, 0) is 53.7 Å². The van der Waals surface area contributed by atoms with Crippen LogP contribution in [0.25, 0.3) is 11.1 Å². The van der Waals surface area contributed by atoms with E-state index in [0.29, 0.717) is 11.5 Å². The molecule has 2 amide bonds. The third kappa shape index (κ3) is 6.94. The molecule has 6 heteroatoms.